The van der Waals surface area contributed by atoms with Gasteiger partial charge in [-0.25, -0.2) is 9.40 Å². The summed E-state index contributed by atoms with van der Waals surface area (Å²) in [4.78, 5) is 12.8. The highest BCUT2D eigenvalue weighted by molar-refractivity contribution is 6.08. The van der Waals surface area contributed by atoms with Crippen LogP contribution in [-0.2, 0) is 19.8 Å². The number of amides is 1. The van der Waals surface area contributed by atoms with Gasteiger partial charge in [-0.05, 0) is 36.6 Å². The maximum Gasteiger partial charge on any atom is 0.240 e. The number of carbonyl (C=O) groups excluding carboxylic acids is 1. The van der Waals surface area contributed by atoms with E-state index in [1.165, 1.54) is 19.1 Å². The van der Waals surface area contributed by atoms with Gasteiger partial charge >= 0.3 is 0 Å². The molecule has 0 N–H and O–H groups in total. The van der Waals surface area contributed by atoms with E-state index < -0.39 is 5.54 Å². The van der Waals surface area contributed by atoms with Crippen LogP contribution in [0.25, 0.3) is 0 Å². The Morgan fingerprint density at radius 3 is 2.71 bits per heavy atom. The maximum atomic E-state index is 14.1. The monoisotopic (exact) mass is 424 g/mol. The summed E-state index contributed by atoms with van der Waals surface area (Å²) >= 11 is 0. The highest BCUT2D eigenvalue weighted by Gasteiger charge is 2.56. The summed E-state index contributed by atoms with van der Waals surface area (Å²) in [6.45, 7) is 3.20. The van der Waals surface area contributed by atoms with E-state index in [2.05, 4.69) is 0 Å². The number of benzene rings is 2. The maximum absolute atomic E-state index is 14.1. The molecule has 31 heavy (non-hydrogen) atoms. The second-order valence-electron chi connectivity index (χ2n) is 8.17. The van der Waals surface area contributed by atoms with Gasteiger partial charge in [0.2, 0.25) is 5.91 Å². The zero-order valence-electron chi connectivity index (χ0n) is 17.4. The van der Waals surface area contributed by atoms with Crippen molar-refractivity contribution in [2.45, 2.75) is 38.0 Å². The molecule has 0 bridgehead atoms. The Labute approximate surface area is 180 Å². The lowest BCUT2D eigenvalue weighted by Crippen LogP contribution is -2.51. The van der Waals surface area contributed by atoms with E-state index in [1.54, 1.807) is 11.1 Å². The standard InChI is InChI=1S/C24H25FN2O4/c1-16(28)27-24(17-6-3-2-4-7-17,11-10-22-29-12-5-13-30-22)20-15-31-21-9-8-18(25)14-19(21)23(20)26-27/h2-4,6-9,14,20,22H,5,10-13,15H2,1H3. The largest absolute Gasteiger partial charge is 0.492 e. The lowest BCUT2D eigenvalue weighted by atomic mass is 9.71. The number of carbonyl (C=O) groups is 1. The van der Waals surface area contributed by atoms with E-state index in [9.17, 15) is 9.18 Å². The number of ether oxygens (including phenoxy) is 3. The Kier molecular flexibility index (Phi) is 5.24. The van der Waals surface area contributed by atoms with Crippen molar-refractivity contribution in [3.8, 4) is 5.75 Å². The lowest BCUT2D eigenvalue weighted by Gasteiger charge is -2.43. The summed E-state index contributed by atoms with van der Waals surface area (Å²) in [5, 5.41) is 6.32. The second-order valence-corrected chi connectivity index (χ2v) is 8.17. The summed E-state index contributed by atoms with van der Waals surface area (Å²) in [5.74, 6) is -0.185. The molecule has 3 aliphatic rings. The van der Waals surface area contributed by atoms with Gasteiger partial charge in [0, 0.05) is 18.9 Å². The molecule has 0 radical (unpaired) electrons. The first-order chi connectivity index (χ1) is 15.1. The summed E-state index contributed by atoms with van der Waals surface area (Å²) in [6.07, 6.45) is 1.74. The first-order valence-corrected chi connectivity index (χ1v) is 10.7. The third kappa shape index (κ3) is 3.42. The van der Waals surface area contributed by atoms with Crippen molar-refractivity contribution in [2.24, 2.45) is 11.0 Å². The van der Waals surface area contributed by atoms with Gasteiger partial charge in [0.15, 0.2) is 6.29 Å². The van der Waals surface area contributed by atoms with Crippen LogP contribution >= 0.6 is 0 Å². The molecule has 0 saturated carbocycles. The molecule has 0 spiro atoms. The summed E-state index contributed by atoms with van der Waals surface area (Å²) < 4.78 is 31.7. The number of nitrogens with zero attached hydrogens (tertiary/aromatic N) is 2. The molecule has 1 fully saturated rings. The predicted octanol–water partition coefficient (Wildman–Crippen LogP) is 3.84. The van der Waals surface area contributed by atoms with Crippen LogP contribution in [0.4, 0.5) is 4.39 Å². The second kappa shape index (κ2) is 8.05. The normalized spacial score (nSPS) is 25.4. The van der Waals surface area contributed by atoms with Gasteiger partial charge in [0.25, 0.3) is 0 Å². The van der Waals surface area contributed by atoms with Gasteiger partial charge in [-0.3, -0.25) is 4.79 Å². The minimum atomic E-state index is -0.767. The molecule has 7 heteroatoms. The van der Waals surface area contributed by atoms with Crippen LogP contribution in [0.2, 0.25) is 0 Å². The van der Waals surface area contributed by atoms with E-state index in [0.29, 0.717) is 49.7 Å². The van der Waals surface area contributed by atoms with E-state index in [0.717, 1.165) is 12.0 Å². The Morgan fingerprint density at radius 2 is 1.97 bits per heavy atom. The molecule has 0 aromatic heterocycles. The van der Waals surface area contributed by atoms with Crippen molar-refractivity contribution >= 4 is 11.6 Å². The first-order valence-electron chi connectivity index (χ1n) is 10.7. The van der Waals surface area contributed by atoms with Crippen molar-refractivity contribution in [1.82, 2.24) is 5.01 Å². The Bertz CT molecular complexity index is 1010. The number of fused-ring (bicyclic) bond motifs is 3. The number of rotatable bonds is 4. The van der Waals surface area contributed by atoms with Crippen LogP contribution in [0.5, 0.6) is 5.75 Å². The van der Waals surface area contributed by atoms with Crippen molar-refractivity contribution in [2.75, 3.05) is 19.8 Å². The zero-order chi connectivity index (χ0) is 21.4. The van der Waals surface area contributed by atoms with E-state index in [1.807, 2.05) is 30.3 Å². The molecule has 2 aromatic rings. The molecule has 0 aliphatic carbocycles. The average Bonchev–Trinajstić information content (AvgIpc) is 3.15. The molecule has 2 aromatic carbocycles. The van der Waals surface area contributed by atoms with E-state index in [-0.39, 0.29) is 23.9 Å². The van der Waals surface area contributed by atoms with Gasteiger partial charge in [-0.2, -0.15) is 5.10 Å². The number of hydrogen-bond donors (Lipinski definition) is 0. The molecule has 3 aliphatic heterocycles. The van der Waals surface area contributed by atoms with Gasteiger partial charge < -0.3 is 14.2 Å². The fourth-order valence-electron chi connectivity index (χ4n) is 4.97. The van der Waals surface area contributed by atoms with Gasteiger partial charge in [0.1, 0.15) is 17.1 Å². The Balaban J connectivity index is 1.60. The molecular weight excluding hydrogens is 399 g/mol. The zero-order valence-corrected chi connectivity index (χ0v) is 17.4. The highest BCUT2D eigenvalue weighted by atomic mass is 19.1. The van der Waals surface area contributed by atoms with Crippen LogP contribution in [-0.4, -0.2) is 42.7 Å². The summed E-state index contributed by atoms with van der Waals surface area (Å²) in [7, 11) is 0. The quantitative estimate of drug-likeness (QED) is 0.748. The third-order valence-corrected chi connectivity index (χ3v) is 6.34. The Morgan fingerprint density at radius 1 is 1.19 bits per heavy atom. The fourth-order valence-corrected chi connectivity index (χ4v) is 4.97. The molecule has 2 unspecified atom stereocenters. The lowest BCUT2D eigenvalue weighted by molar-refractivity contribution is -0.186. The summed E-state index contributed by atoms with van der Waals surface area (Å²) in [5.41, 5.74) is 1.49. The molecule has 3 heterocycles. The molecule has 5 rings (SSSR count). The van der Waals surface area contributed by atoms with Crippen LogP contribution in [0, 0.1) is 11.7 Å². The predicted molar refractivity (Wildman–Crippen MR) is 112 cm³/mol. The molecule has 1 saturated heterocycles. The van der Waals surface area contributed by atoms with Crippen molar-refractivity contribution < 1.29 is 23.4 Å². The number of hydrogen-bond acceptors (Lipinski definition) is 5. The van der Waals surface area contributed by atoms with Gasteiger partial charge in [-0.15, -0.1) is 0 Å². The van der Waals surface area contributed by atoms with Crippen molar-refractivity contribution in [1.29, 1.82) is 0 Å². The third-order valence-electron chi connectivity index (χ3n) is 6.34. The van der Waals surface area contributed by atoms with Crippen LogP contribution in [0.3, 0.4) is 0 Å². The van der Waals surface area contributed by atoms with Crippen LogP contribution < -0.4 is 4.74 Å². The van der Waals surface area contributed by atoms with Gasteiger partial charge in [0.05, 0.1) is 31.5 Å². The van der Waals surface area contributed by atoms with Crippen LogP contribution in [0.1, 0.15) is 37.3 Å². The van der Waals surface area contributed by atoms with Crippen molar-refractivity contribution in [3.63, 3.8) is 0 Å². The number of hydrazone groups is 1. The summed E-state index contributed by atoms with van der Waals surface area (Å²) in [6, 6.07) is 14.3. The highest BCUT2D eigenvalue weighted by Crippen LogP contribution is 2.50. The average molecular weight is 424 g/mol. The minimum absolute atomic E-state index is 0.172. The topological polar surface area (TPSA) is 60.4 Å². The van der Waals surface area contributed by atoms with Gasteiger partial charge in [-0.1, -0.05) is 30.3 Å². The minimum Gasteiger partial charge on any atom is -0.492 e. The smallest absolute Gasteiger partial charge is 0.240 e. The van der Waals surface area contributed by atoms with E-state index >= 15 is 0 Å². The molecule has 2 atom stereocenters. The molecule has 6 nitrogen and oxygen atoms in total. The Hall–Kier alpha value is -2.77. The fraction of sp³-hybridized carbons (Fsp3) is 0.417. The number of halogens is 1. The first kappa shape index (κ1) is 20.2. The van der Waals surface area contributed by atoms with Crippen molar-refractivity contribution in [3.05, 3.63) is 65.5 Å². The van der Waals surface area contributed by atoms with E-state index in [4.69, 9.17) is 19.3 Å². The molecular formula is C24H25FN2O4. The SMILES string of the molecule is CC(=O)N1N=C2c3cc(F)ccc3OCC2C1(CCC1OCCCO1)c1ccccc1. The van der Waals surface area contributed by atoms with Crippen LogP contribution in [0.15, 0.2) is 53.6 Å². The molecule has 1 amide bonds. The molecule has 162 valence electrons.